The topological polar surface area (TPSA) is 24.4 Å². The molecule has 0 bridgehead atoms. The zero-order chi connectivity index (χ0) is 18.8. The Bertz CT molecular complexity index is 759. The predicted molar refractivity (Wildman–Crippen MR) is 84.1 cm³/mol. The van der Waals surface area contributed by atoms with Crippen molar-refractivity contribution in [3.63, 3.8) is 0 Å². The van der Waals surface area contributed by atoms with E-state index >= 15 is 0 Å². The van der Waals surface area contributed by atoms with Crippen LogP contribution >= 0.6 is 23.2 Å². The maximum atomic E-state index is 12.6. The number of hydrogen-bond acceptors (Lipinski definition) is 2. The van der Waals surface area contributed by atoms with E-state index in [1.54, 1.807) is 0 Å². The number of hydrazone groups is 1. The van der Waals surface area contributed by atoms with Crippen molar-refractivity contribution in [2.45, 2.75) is 12.4 Å². The molecule has 10 heteroatoms. The fourth-order valence-electron chi connectivity index (χ4n) is 1.77. The van der Waals surface area contributed by atoms with E-state index in [1.165, 1.54) is 18.3 Å². The van der Waals surface area contributed by atoms with Gasteiger partial charge in [0.25, 0.3) is 0 Å². The lowest BCUT2D eigenvalue weighted by molar-refractivity contribution is -0.138. The van der Waals surface area contributed by atoms with Gasteiger partial charge in [0.15, 0.2) is 0 Å². The first-order chi connectivity index (χ1) is 11.5. The van der Waals surface area contributed by atoms with E-state index in [0.29, 0.717) is 17.7 Å². The SMILES string of the molecule is FC(F)(F)c1ccc(C=NNc2c(Cl)cc(C(F)(F)F)cc2Cl)cc1. The molecule has 0 unspecified atom stereocenters. The van der Waals surface area contributed by atoms with Crippen LogP contribution in [0, 0.1) is 0 Å². The monoisotopic (exact) mass is 400 g/mol. The number of alkyl halides is 6. The van der Waals surface area contributed by atoms with Gasteiger partial charge in [-0.05, 0) is 29.8 Å². The predicted octanol–water partition coefficient (Wildman–Crippen LogP) is 6.48. The van der Waals surface area contributed by atoms with Gasteiger partial charge in [-0.2, -0.15) is 31.4 Å². The quantitative estimate of drug-likeness (QED) is 0.356. The molecule has 0 atom stereocenters. The molecule has 0 heterocycles. The molecule has 0 fully saturated rings. The first-order valence-electron chi connectivity index (χ1n) is 6.51. The van der Waals surface area contributed by atoms with E-state index in [4.69, 9.17) is 23.2 Å². The first-order valence-corrected chi connectivity index (χ1v) is 7.26. The number of nitrogens with one attached hydrogen (secondary N) is 1. The Morgan fingerprint density at radius 1 is 0.800 bits per heavy atom. The third kappa shape index (κ3) is 5.02. The highest BCUT2D eigenvalue weighted by molar-refractivity contribution is 6.39. The molecule has 0 amide bonds. The molecule has 2 nitrogen and oxygen atoms in total. The Morgan fingerprint density at radius 2 is 1.28 bits per heavy atom. The molecule has 0 aliphatic rings. The van der Waals surface area contributed by atoms with Crippen LogP contribution in [0.25, 0.3) is 0 Å². The van der Waals surface area contributed by atoms with E-state index < -0.39 is 23.5 Å². The number of halogens is 8. The molecule has 2 aromatic rings. The van der Waals surface area contributed by atoms with Crippen LogP contribution in [0.15, 0.2) is 41.5 Å². The first kappa shape index (κ1) is 19.4. The zero-order valence-corrected chi connectivity index (χ0v) is 13.5. The normalized spacial score (nSPS) is 12.6. The summed E-state index contributed by atoms with van der Waals surface area (Å²) in [5.41, 5.74) is 0.819. The second-order valence-electron chi connectivity index (χ2n) is 4.80. The van der Waals surface area contributed by atoms with Crippen molar-refractivity contribution >= 4 is 35.1 Å². The van der Waals surface area contributed by atoms with Gasteiger partial charge in [0.2, 0.25) is 0 Å². The number of anilines is 1. The van der Waals surface area contributed by atoms with Crippen LogP contribution in [0.1, 0.15) is 16.7 Å². The summed E-state index contributed by atoms with van der Waals surface area (Å²) >= 11 is 11.5. The molecule has 0 aliphatic carbocycles. The van der Waals surface area contributed by atoms with Crippen LogP contribution in [-0.2, 0) is 12.4 Å². The minimum Gasteiger partial charge on any atom is -0.275 e. The van der Waals surface area contributed by atoms with Gasteiger partial charge in [-0.25, -0.2) is 0 Å². The molecule has 2 rings (SSSR count). The van der Waals surface area contributed by atoms with E-state index in [0.717, 1.165) is 12.1 Å². The number of nitrogens with zero attached hydrogens (tertiary/aromatic N) is 1. The van der Waals surface area contributed by atoms with Crippen molar-refractivity contribution < 1.29 is 26.3 Å². The Labute approximate surface area is 148 Å². The van der Waals surface area contributed by atoms with Crippen LogP contribution in [-0.4, -0.2) is 6.21 Å². The largest absolute Gasteiger partial charge is 0.416 e. The zero-order valence-electron chi connectivity index (χ0n) is 12.0. The average Bonchev–Trinajstić information content (AvgIpc) is 2.48. The Morgan fingerprint density at radius 3 is 1.72 bits per heavy atom. The lowest BCUT2D eigenvalue weighted by Gasteiger charge is -2.11. The summed E-state index contributed by atoms with van der Waals surface area (Å²) in [6.45, 7) is 0. The van der Waals surface area contributed by atoms with Gasteiger partial charge in [0.05, 0.1) is 33.1 Å². The number of benzene rings is 2. The molecule has 134 valence electrons. The molecule has 0 aliphatic heterocycles. The Kier molecular flexibility index (Phi) is 5.53. The lowest BCUT2D eigenvalue weighted by Crippen LogP contribution is -2.05. The highest BCUT2D eigenvalue weighted by atomic mass is 35.5. The summed E-state index contributed by atoms with van der Waals surface area (Å²) in [6.07, 6.45) is -7.88. The highest BCUT2D eigenvalue weighted by Crippen LogP contribution is 2.38. The van der Waals surface area contributed by atoms with E-state index in [1.807, 2.05) is 0 Å². The molecule has 0 radical (unpaired) electrons. The third-order valence-corrected chi connectivity index (χ3v) is 3.59. The van der Waals surface area contributed by atoms with E-state index in [2.05, 4.69) is 10.5 Å². The van der Waals surface area contributed by atoms with Crippen molar-refractivity contribution in [2.24, 2.45) is 5.10 Å². The molecule has 0 spiro atoms. The molecule has 1 N–H and O–H groups in total. The maximum absolute atomic E-state index is 12.6. The van der Waals surface area contributed by atoms with Crippen LogP contribution < -0.4 is 5.43 Å². The van der Waals surface area contributed by atoms with Gasteiger partial charge in [-0.3, -0.25) is 5.43 Å². The van der Waals surface area contributed by atoms with Crippen LogP contribution in [0.2, 0.25) is 10.0 Å². The van der Waals surface area contributed by atoms with Crippen LogP contribution in [0.5, 0.6) is 0 Å². The lowest BCUT2D eigenvalue weighted by atomic mass is 10.1. The highest BCUT2D eigenvalue weighted by Gasteiger charge is 2.32. The van der Waals surface area contributed by atoms with Crippen molar-refractivity contribution in [3.05, 3.63) is 63.1 Å². The summed E-state index contributed by atoms with van der Waals surface area (Å²) < 4.78 is 75.2. The van der Waals surface area contributed by atoms with Gasteiger partial charge in [0, 0.05) is 0 Å². The number of rotatable bonds is 3. The molecular formula is C15H8Cl2F6N2. The average molecular weight is 401 g/mol. The second-order valence-corrected chi connectivity index (χ2v) is 5.62. The van der Waals surface area contributed by atoms with Gasteiger partial charge in [-0.1, -0.05) is 35.3 Å². The molecule has 0 saturated heterocycles. The van der Waals surface area contributed by atoms with Crippen molar-refractivity contribution in [1.29, 1.82) is 0 Å². The van der Waals surface area contributed by atoms with Gasteiger partial charge in [0.1, 0.15) is 0 Å². The smallest absolute Gasteiger partial charge is 0.275 e. The van der Waals surface area contributed by atoms with E-state index in [-0.39, 0.29) is 15.7 Å². The molecular weight excluding hydrogens is 393 g/mol. The van der Waals surface area contributed by atoms with Crippen LogP contribution in [0.4, 0.5) is 32.0 Å². The minimum atomic E-state index is -4.60. The van der Waals surface area contributed by atoms with Crippen LogP contribution in [0.3, 0.4) is 0 Å². The molecule has 0 aromatic heterocycles. The standard InChI is InChI=1S/C15H8Cl2F6N2/c16-11-5-10(15(21,22)23)6-12(17)13(11)25-24-7-8-1-3-9(4-2-8)14(18,19)20/h1-7,25H. The van der Waals surface area contributed by atoms with Gasteiger partial charge < -0.3 is 0 Å². The van der Waals surface area contributed by atoms with Gasteiger partial charge in [-0.15, -0.1) is 0 Å². The Balaban J connectivity index is 2.15. The summed E-state index contributed by atoms with van der Waals surface area (Å²) in [6, 6.07) is 5.49. The molecule has 0 saturated carbocycles. The minimum absolute atomic E-state index is 0.0560. The summed E-state index contributed by atoms with van der Waals surface area (Å²) in [5.74, 6) is 0. The summed E-state index contributed by atoms with van der Waals surface area (Å²) in [5, 5.41) is 3.11. The van der Waals surface area contributed by atoms with Crippen molar-refractivity contribution in [2.75, 3.05) is 5.43 Å². The summed E-state index contributed by atoms with van der Waals surface area (Å²) in [4.78, 5) is 0. The van der Waals surface area contributed by atoms with Crippen molar-refractivity contribution in [1.82, 2.24) is 0 Å². The second kappa shape index (κ2) is 7.13. The third-order valence-electron chi connectivity index (χ3n) is 3.00. The number of hydrogen-bond donors (Lipinski definition) is 1. The van der Waals surface area contributed by atoms with E-state index in [9.17, 15) is 26.3 Å². The summed E-state index contributed by atoms with van der Waals surface area (Å²) in [7, 11) is 0. The molecule has 25 heavy (non-hydrogen) atoms. The fourth-order valence-corrected chi connectivity index (χ4v) is 2.34. The fraction of sp³-hybridized carbons (Fsp3) is 0.133. The Hall–Kier alpha value is -1.93. The van der Waals surface area contributed by atoms with Gasteiger partial charge >= 0.3 is 12.4 Å². The van der Waals surface area contributed by atoms with Crippen molar-refractivity contribution in [3.8, 4) is 0 Å². The molecule has 2 aromatic carbocycles. The maximum Gasteiger partial charge on any atom is 0.416 e.